The molecular formula is C31H31B15N2O4. The lowest BCUT2D eigenvalue weighted by atomic mass is 8.47. The van der Waals surface area contributed by atoms with E-state index in [1.165, 1.54) is 0 Å². The molecule has 234 valence electrons. The van der Waals surface area contributed by atoms with Crippen molar-refractivity contribution in [1.29, 1.82) is 0 Å². The highest BCUT2D eigenvalue weighted by Crippen LogP contribution is 2.36. The molecule has 1 N–H and O–H groups in total. The summed E-state index contributed by atoms with van der Waals surface area (Å²) in [6.07, 6.45) is -0.622. The number of aromatic hydroxyl groups is 1. The van der Waals surface area contributed by atoms with Gasteiger partial charge in [-0.15, -0.1) is 0 Å². The van der Waals surface area contributed by atoms with E-state index in [0.717, 1.165) is 33.1 Å². The van der Waals surface area contributed by atoms with Gasteiger partial charge in [0.25, 0.3) is 0 Å². The van der Waals surface area contributed by atoms with Crippen LogP contribution >= 0.6 is 0 Å². The summed E-state index contributed by atoms with van der Waals surface area (Å²) in [6, 6.07) is 27.3. The number of phenolic OH excluding ortho intramolecular Hbond substituents is 1. The van der Waals surface area contributed by atoms with E-state index < -0.39 is 38.3 Å². The molecule has 3 aromatic carbocycles. The van der Waals surface area contributed by atoms with Crippen molar-refractivity contribution in [2.75, 3.05) is 0 Å². The summed E-state index contributed by atoms with van der Waals surface area (Å²) >= 11 is 0. The van der Waals surface area contributed by atoms with Gasteiger partial charge in [0.2, 0.25) is 0 Å². The molecule has 2 aromatic heterocycles. The van der Waals surface area contributed by atoms with E-state index in [9.17, 15) is 5.11 Å². The molecule has 1 saturated heterocycles. The fraction of sp³-hybridized carbons (Fsp3) is 0.226. The standard InChI is InChI=1S/C22H24BNO3.C9H7NO.B14/c1-21(2)22(3,4)27-23(26-21)18-12-10-16(11-13-18)15-25-19-9-5-7-17-8-6-14-24-20(17)19;11-8-5-1-3-7-4-2-6-10-9(7)8;1-9(2)13(10(3)4)14(11(5)6)12(7)8/h5-14H,15H2,1-4H3;1-6,11H;. The molecule has 5 aromatic rings. The van der Waals surface area contributed by atoms with Crippen molar-refractivity contribution in [1.82, 2.24) is 9.97 Å². The van der Waals surface area contributed by atoms with Gasteiger partial charge in [-0.1, -0.05) is 60.7 Å². The van der Waals surface area contributed by atoms with Crippen LogP contribution in [-0.2, 0) is 15.9 Å². The molecule has 52 heavy (non-hydrogen) atoms. The molecule has 6 nitrogen and oxygen atoms in total. The Morgan fingerprint density at radius 1 is 0.615 bits per heavy atom. The number of hydrogen-bond donors (Lipinski definition) is 1. The summed E-state index contributed by atoms with van der Waals surface area (Å²) in [7, 11) is 43.7. The smallest absolute Gasteiger partial charge is 0.494 e. The summed E-state index contributed by atoms with van der Waals surface area (Å²) in [6.45, 7) is 8.74. The topological polar surface area (TPSA) is 73.7 Å². The van der Waals surface area contributed by atoms with Gasteiger partial charge in [-0.25, -0.2) is 0 Å². The Kier molecular flexibility index (Phi) is 14.7. The van der Waals surface area contributed by atoms with Gasteiger partial charge in [0.1, 0.15) is 29.1 Å². The molecule has 0 amide bonds. The lowest BCUT2D eigenvalue weighted by molar-refractivity contribution is 0.00578. The molecule has 0 bridgehead atoms. The lowest BCUT2D eigenvalue weighted by Gasteiger charge is -2.34. The molecule has 0 spiro atoms. The highest BCUT2D eigenvalue weighted by Gasteiger charge is 2.51. The molecule has 0 aliphatic carbocycles. The van der Waals surface area contributed by atoms with Crippen LogP contribution in [-0.4, -0.2) is 134 Å². The molecule has 1 aliphatic heterocycles. The molecule has 3 heterocycles. The second-order valence-corrected chi connectivity index (χ2v) is 13.8. The Morgan fingerprint density at radius 3 is 1.54 bits per heavy atom. The minimum absolute atomic E-state index is 0.239. The summed E-state index contributed by atoms with van der Waals surface area (Å²) in [4.78, 5) is 8.46. The van der Waals surface area contributed by atoms with Crippen molar-refractivity contribution in [2.24, 2.45) is 0 Å². The molecule has 0 unspecified atom stereocenters. The Balaban J connectivity index is 0.000000202. The van der Waals surface area contributed by atoms with Crippen LogP contribution in [0.2, 0.25) is 0 Å². The van der Waals surface area contributed by atoms with E-state index in [0.29, 0.717) is 12.1 Å². The van der Waals surface area contributed by atoms with Crippen molar-refractivity contribution in [3.8, 4) is 11.5 Å². The summed E-state index contributed by atoms with van der Waals surface area (Å²) in [5, 5.41) is 11.3. The third-order valence-electron chi connectivity index (χ3n) is 9.33. The minimum Gasteiger partial charge on any atom is -0.506 e. The van der Waals surface area contributed by atoms with E-state index in [-0.39, 0.29) is 24.1 Å². The second-order valence-electron chi connectivity index (χ2n) is 13.8. The number of nitrogens with zero attached hydrogens (tertiary/aromatic N) is 2. The third-order valence-corrected chi connectivity index (χ3v) is 9.33. The highest BCUT2D eigenvalue weighted by molar-refractivity contribution is 8.10. The fourth-order valence-electron chi connectivity index (χ4n) is 5.73. The number of phenols is 1. The molecule has 0 saturated carbocycles. The van der Waals surface area contributed by atoms with Gasteiger partial charge in [-0.2, -0.15) is 0 Å². The zero-order chi connectivity index (χ0) is 38.2. The lowest BCUT2D eigenvalue weighted by Crippen LogP contribution is -2.72. The first-order valence-electron chi connectivity index (χ1n) is 17.0. The van der Waals surface area contributed by atoms with E-state index >= 15 is 0 Å². The quantitative estimate of drug-likeness (QED) is 0.236. The van der Waals surface area contributed by atoms with Gasteiger partial charge >= 0.3 is 7.12 Å². The van der Waals surface area contributed by atoms with Gasteiger partial charge in [-0.3, -0.25) is 9.97 Å². The second kappa shape index (κ2) is 18.3. The Labute approximate surface area is 322 Å². The van der Waals surface area contributed by atoms with E-state index in [1.54, 1.807) is 24.5 Å². The fourth-order valence-corrected chi connectivity index (χ4v) is 5.73. The van der Waals surface area contributed by atoms with E-state index in [2.05, 4.69) is 49.8 Å². The van der Waals surface area contributed by atoms with Crippen molar-refractivity contribution in [3.05, 3.63) is 103 Å². The van der Waals surface area contributed by atoms with Crippen LogP contribution in [0, 0.1) is 0 Å². The van der Waals surface area contributed by atoms with Gasteiger partial charge in [0, 0.05) is 123 Å². The van der Waals surface area contributed by atoms with Crippen LogP contribution < -0.4 is 10.2 Å². The normalized spacial score (nSPS) is 13.9. The largest absolute Gasteiger partial charge is 0.506 e. The van der Waals surface area contributed by atoms with Gasteiger partial charge in [-0.05, 0) is 63.0 Å². The maximum absolute atomic E-state index is 9.31. The Bertz CT molecular complexity index is 1830. The summed E-state index contributed by atoms with van der Waals surface area (Å²) in [5.41, 5.74) is 2.98. The molecular weight excluding hydrogens is 627 g/mol. The minimum atomic E-state index is -0.760. The molecule has 21 heteroatoms. The SMILES string of the molecule is CC1(C)OB(c2ccc(COc3cccc4cccnc34)cc2)OC1(C)C.Oc1cccc2cccnc12.[B]B([B])B(B([B])[B])B(B([B])[B])B([B])[B]. The Morgan fingerprint density at radius 2 is 1.06 bits per heavy atom. The van der Waals surface area contributed by atoms with Gasteiger partial charge in [0.15, 0.2) is 0 Å². The zero-order valence-electron chi connectivity index (χ0n) is 30.2. The van der Waals surface area contributed by atoms with Gasteiger partial charge < -0.3 is 19.2 Å². The maximum Gasteiger partial charge on any atom is 0.494 e. The average Bonchev–Trinajstić information content (AvgIpc) is 3.32. The number of para-hydroxylation sites is 2. The zero-order valence-corrected chi connectivity index (χ0v) is 30.2. The highest BCUT2D eigenvalue weighted by atomic mass is 16.7. The number of rotatable bonds is 9. The van der Waals surface area contributed by atoms with Crippen LogP contribution in [0.25, 0.3) is 21.8 Å². The van der Waals surface area contributed by atoms with Crippen molar-refractivity contribution in [3.63, 3.8) is 0 Å². The first-order chi connectivity index (χ1) is 24.5. The average molecular weight is 658 g/mol. The van der Waals surface area contributed by atoms with Crippen LogP contribution in [0.3, 0.4) is 0 Å². The van der Waals surface area contributed by atoms with Crippen LogP contribution in [0.1, 0.15) is 33.3 Å². The first-order valence-corrected chi connectivity index (χ1v) is 17.0. The number of fused-ring (bicyclic) bond motifs is 2. The third kappa shape index (κ3) is 10.6. The van der Waals surface area contributed by atoms with Crippen molar-refractivity contribution in [2.45, 2.75) is 45.5 Å². The van der Waals surface area contributed by atoms with E-state index in [4.69, 9.17) is 75.9 Å². The predicted octanol–water partition coefficient (Wildman–Crippen LogP) is 0.722. The van der Waals surface area contributed by atoms with Crippen molar-refractivity contribution < 1.29 is 19.2 Å². The number of ether oxygens (including phenoxy) is 1. The number of pyridine rings is 2. The van der Waals surface area contributed by atoms with Gasteiger partial charge in [0.05, 0.1) is 11.2 Å². The molecule has 16 radical (unpaired) electrons. The molecule has 1 aliphatic rings. The first kappa shape index (κ1) is 41.7. The monoisotopic (exact) mass is 660 g/mol. The van der Waals surface area contributed by atoms with E-state index in [1.807, 2.05) is 60.7 Å². The number of hydrogen-bond acceptors (Lipinski definition) is 6. The van der Waals surface area contributed by atoms with Crippen LogP contribution in [0.4, 0.5) is 0 Å². The van der Waals surface area contributed by atoms with Crippen LogP contribution in [0.5, 0.6) is 11.5 Å². The summed E-state index contributed by atoms with van der Waals surface area (Å²) in [5.74, 6) is 1.03. The maximum atomic E-state index is 9.31. The molecule has 6 rings (SSSR count). The van der Waals surface area contributed by atoms with Crippen molar-refractivity contribution >= 4 is 135 Å². The van der Waals surface area contributed by atoms with Crippen LogP contribution in [0.15, 0.2) is 97.3 Å². The molecule has 1 fully saturated rings. The number of aromatic nitrogens is 2. The predicted molar refractivity (Wildman–Crippen MR) is 232 cm³/mol. The Hall–Kier alpha value is -3.03. The summed E-state index contributed by atoms with van der Waals surface area (Å²) < 4.78 is 18.2. The number of benzene rings is 3. The molecule has 0 atom stereocenters.